The highest BCUT2D eigenvalue weighted by molar-refractivity contribution is 5.81. The second-order valence-electron chi connectivity index (χ2n) is 5.82. The molecule has 2 rings (SSSR count). The zero-order chi connectivity index (χ0) is 16.8. The van der Waals surface area contributed by atoms with Gasteiger partial charge in [-0.25, -0.2) is 4.39 Å². The van der Waals surface area contributed by atoms with Gasteiger partial charge in [-0.3, -0.25) is 4.79 Å². The molecule has 0 aliphatic carbocycles. The highest BCUT2D eigenvalue weighted by atomic mass is 19.1. The Balaban J connectivity index is 1.81. The zero-order valence-corrected chi connectivity index (χ0v) is 13.9. The van der Waals surface area contributed by atoms with Crippen molar-refractivity contribution >= 4 is 11.6 Å². The van der Waals surface area contributed by atoms with Gasteiger partial charge in [0.15, 0.2) is 0 Å². The molecule has 0 aliphatic heterocycles. The average Bonchev–Trinajstić information content (AvgIpc) is 2.48. The lowest BCUT2D eigenvalue weighted by molar-refractivity contribution is -0.119. The van der Waals surface area contributed by atoms with E-state index in [4.69, 9.17) is 0 Å². The summed E-state index contributed by atoms with van der Waals surface area (Å²) in [5, 5.41) is 5.99. The summed E-state index contributed by atoms with van der Waals surface area (Å²) in [5.41, 5.74) is 5.08. The molecule has 0 fully saturated rings. The Hall–Kier alpha value is -2.36. The van der Waals surface area contributed by atoms with Crippen molar-refractivity contribution in [3.05, 3.63) is 64.5 Å². The number of nitrogens with one attached hydrogen (secondary N) is 2. The van der Waals surface area contributed by atoms with E-state index in [-0.39, 0.29) is 18.3 Å². The fraction of sp³-hybridized carbons (Fsp3) is 0.316. The van der Waals surface area contributed by atoms with Crippen LogP contribution < -0.4 is 10.6 Å². The Bertz CT molecular complexity index is 675. The molecule has 0 aliphatic rings. The smallest absolute Gasteiger partial charge is 0.239 e. The first kappa shape index (κ1) is 17.0. The Labute approximate surface area is 136 Å². The molecule has 4 heteroatoms. The van der Waals surface area contributed by atoms with Crippen LogP contribution in [0, 0.1) is 26.6 Å². The van der Waals surface area contributed by atoms with E-state index in [0.717, 1.165) is 16.8 Å². The van der Waals surface area contributed by atoms with Crippen LogP contribution >= 0.6 is 0 Å². The summed E-state index contributed by atoms with van der Waals surface area (Å²) >= 11 is 0. The van der Waals surface area contributed by atoms with Gasteiger partial charge in [0, 0.05) is 12.2 Å². The van der Waals surface area contributed by atoms with Gasteiger partial charge in [0.2, 0.25) is 5.91 Å². The lowest BCUT2D eigenvalue weighted by Gasteiger charge is -2.14. The predicted molar refractivity (Wildman–Crippen MR) is 92.3 cm³/mol. The number of amides is 1. The summed E-state index contributed by atoms with van der Waals surface area (Å²) < 4.78 is 13.5. The number of halogens is 1. The Morgan fingerprint density at radius 1 is 1.09 bits per heavy atom. The van der Waals surface area contributed by atoms with Crippen molar-refractivity contribution in [1.29, 1.82) is 0 Å². The highest BCUT2D eigenvalue weighted by Crippen LogP contribution is 2.21. The second kappa shape index (κ2) is 7.77. The normalized spacial score (nSPS) is 10.4. The third kappa shape index (κ3) is 4.81. The minimum absolute atomic E-state index is 0.0966. The maximum atomic E-state index is 13.5. The van der Waals surface area contributed by atoms with E-state index in [0.29, 0.717) is 18.5 Å². The van der Waals surface area contributed by atoms with Gasteiger partial charge in [-0.05, 0) is 49.9 Å². The van der Waals surface area contributed by atoms with E-state index in [1.807, 2.05) is 13.8 Å². The molecular formula is C19H23FN2O. The van der Waals surface area contributed by atoms with Crippen LogP contribution in [0.1, 0.15) is 22.3 Å². The minimum Gasteiger partial charge on any atom is -0.376 e. The van der Waals surface area contributed by atoms with Crippen molar-refractivity contribution in [2.24, 2.45) is 0 Å². The molecule has 2 N–H and O–H groups in total. The van der Waals surface area contributed by atoms with E-state index in [1.165, 1.54) is 11.6 Å². The molecule has 0 bridgehead atoms. The predicted octanol–water partition coefficient (Wildman–Crippen LogP) is 3.52. The number of benzene rings is 2. The number of rotatable bonds is 6. The molecule has 0 unspecified atom stereocenters. The summed E-state index contributed by atoms with van der Waals surface area (Å²) in [6.07, 6.45) is 0.487. The van der Waals surface area contributed by atoms with Crippen LogP contribution in [-0.4, -0.2) is 19.0 Å². The van der Waals surface area contributed by atoms with E-state index in [1.54, 1.807) is 18.2 Å². The monoisotopic (exact) mass is 314 g/mol. The highest BCUT2D eigenvalue weighted by Gasteiger charge is 2.07. The third-order valence-corrected chi connectivity index (χ3v) is 3.78. The summed E-state index contributed by atoms with van der Waals surface area (Å²) in [6, 6.07) is 10.8. The molecule has 0 aromatic heterocycles. The summed E-state index contributed by atoms with van der Waals surface area (Å²) in [6.45, 7) is 6.74. The summed E-state index contributed by atoms with van der Waals surface area (Å²) in [5.74, 6) is -0.327. The van der Waals surface area contributed by atoms with E-state index in [2.05, 4.69) is 29.7 Å². The van der Waals surface area contributed by atoms with Crippen LogP contribution in [-0.2, 0) is 11.2 Å². The van der Waals surface area contributed by atoms with Crippen LogP contribution in [0.3, 0.4) is 0 Å². The van der Waals surface area contributed by atoms with Crippen molar-refractivity contribution in [2.75, 3.05) is 18.4 Å². The molecule has 0 heterocycles. The summed E-state index contributed by atoms with van der Waals surface area (Å²) in [4.78, 5) is 11.9. The van der Waals surface area contributed by atoms with Gasteiger partial charge in [-0.1, -0.05) is 35.9 Å². The Kier molecular flexibility index (Phi) is 5.74. The fourth-order valence-electron chi connectivity index (χ4n) is 2.73. The Morgan fingerprint density at radius 2 is 1.74 bits per heavy atom. The van der Waals surface area contributed by atoms with Crippen molar-refractivity contribution in [1.82, 2.24) is 5.32 Å². The molecule has 0 radical (unpaired) electrons. The van der Waals surface area contributed by atoms with Gasteiger partial charge in [0.25, 0.3) is 0 Å². The quantitative estimate of drug-likeness (QED) is 0.856. The van der Waals surface area contributed by atoms with Gasteiger partial charge >= 0.3 is 0 Å². The van der Waals surface area contributed by atoms with Crippen LogP contribution in [0.5, 0.6) is 0 Å². The number of hydrogen-bond acceptors (Lipinski definition) is 2. The van der Waals surface area contributed by atoms with Crippen LogP contribution in [0.4, 0.5) is 10.1 Å². The molecule has 122 valence electrons. The molecule has 2 aromatic rings. The Morgan fingerprint density at radius 3 is 2.39 bits per heavy atom. The first-order chi connectivity index (χ1) is 11.0. The number of anilines is 1. The minimum atomic E-state index is -0.231. The molecule has 23 heavy (non-hydrogen) atoms. The molecule has 1 amide bonds. The van der Waals surface area contributed by atoms with E-state index < -0.39 is 0 Å². The van der Waals surface area contributed by atoms with Gasteiger partial charge in [-0.2, -0.15) is 0 Å². The van der Waals surface area contributed by atoms with Crippen molar-refractivity contribution in [3.63, 3.8) is 0 Å². The summed E-state index contributed by atoms with van der Waals surface area (Å²) in [7, 11) is 0. The van der Waals surface area contributed by atoms with Crippen LogP contribution in [0.25, 0.3) is 0 Å². The van der Waals surface area contributed by atoms with Crippen molar-refractivity contribution in [2.45, 2.75) is 27.2 Å². The lowest BCUT2D eigenvalue weighted by Crippen LogP contribution is -2.31. The number of aryl methyl sites for hydroxylation is 3. The maximum absolute atomic E-state index is 13.5. The standard InChI is InChI=1S/C19H23FN2O/c1-13-10-14(2)19(15(3)11-13)22-12-18(23)21-9-8-16-6-4-5-7-17(16)20/h4-7,10-11,22H,8-9,12H2,1-3H3,(H,21,23). The molecule has 3 nitrogen and oxygen atoms in total. The first-order valence-corrected chi connectivity index (χ1v) is 7.79. The molecule has 0 saturated heterocycles. The molecule has 2 aromatic carbocycles. The topological polar surface area (TPSA) is 41.1 Å². The van der Waals surface area contributed by atoms with E-state index >= 15 is 0 Å². The second-order valence-corrected chi connectivity index (χ2v) is 5.82. The van der Waals surface area contributed by atoms with Gasteiger partial charge in [0.05, 0.1) is 6.54 Å². The molecule has 0 saturated carbocycles. The first-order valence-electron chi connectivity index (χ1n) is 7.79. The van der Waals surface area contributed by atoms with Crippen molar-refractivity contribution in [3.8, 4) is 0 Å². The molecule has 0 atom stereocenters. The molecule has 0 spiro atoms. The van der Waals surface area contributed by atoms with Crippen LogP contribution in [0.15, 0.2) is 36.4 Å². The molecular weight excluding hydrogens is 291 g/mol. The van der Waals surface area contributed by atoms with E-state index in [9.17, 15) is 9.18 Å². The number of hydrogen-bond donors (Lipinski definition) is 2. The van der Waals surface area contributed by atoms with Gasteiger partial charge in [0.1, 0.15) is 5.82 Å². The number of carbonyl (C=O) groups is 1. The fourth-order valence-corrected chi connectivity index (χ4v) is 2.73. The van der Waals surface area contributed by atoms with Crippen molar-refractivity contribution < 1.29 is 9.18 Å². The average molecular weight is 314 g/mol. The maximum Gasteiger partial charge on any atom is 0.239 e. The lowest BCUT2D eigenvalue weighted by atomic mass is 10.1. The van der Waals surface area contributed by atoms with Gasteiger partial charge < -0.3 is 10.6 Å². The number of carbonyl (C=O) groups excluding carboxylic acids is 1. The third-order valence-electron chi connectivity index (χ3n) is 3.78. The van der Waals surface area contributed by atoms with Crippen LogP contribution in [0.2, 0.25) is 0 Å². The largest absolute Gasteiger partial charge is 0.376 e. The van der Waals surface area contributed by atoms with Gasteiger partial charge in [-0.15, -0.1) is 0 Å². The SMILES string of the molecule is Cc1cc(C)c(NCC(=O)NCCc2ccccc2F)c(C)c1. The zero-order valence-electron chi connectivity index (χ0n) is 13.9.